The normalized spacial score (nSPS) is 16.4. The topological polar surface area (TPSA) is 48.8 Å². The average Bonchev–Trinajstić information content (AvgIpc) is 3.32. The van der Waals surface area contributed by atoms with Crippen LogP contribution in [-0.4, -0.2) is 40.1 Å². The molecular weight excluding hydrogens is 435 g/mol. The van der Waals surface area contributed by atoms with Crippen LogP contribution in [0, 0.1) is 26.7 Å². The minimum Gasteiger partial charge on any atom is -0.354 e. The highest BCUT2D eigenvalue weighted by atomic mass is 32.1. The predicted octanol–water partition coefficient (Wildman–Crippen LogP) is 5.64. The van der Waals surface area contributed by atoms with Gasteiger partial charge < -0.3 is 9.80 Å². The van der Waals surface area contributed by atoms with E-state index in [1.165, 1.54) is 35.3 Å². The number of amidine groups is 1. The van der Waals surface area contributed by atoms with E-state index >= 15 is 0 Å². The Morgan fingerprint density at radius 3 is 2.58 bits per heavy atom. The lowest BCUT2D eigenvalue weighted by atomic mass is 9.87. The first-order chi connectivity index (χ1) is 15.3. The number of aromatic nitrogens is 1. The molecule has 0 unspecified atom stereocenters. The van der Waals surface area contributed by atoms with Gasteiger partial charge in [-0.2, -0.15) is 0 Å². The zero-order valence-electron chi connectivity index (χ0n) is 20.2. The molecule has 4 rings (SSSR count). The molecule has 0 atom stereocenters. The summed E-state index contributed by atoms with van der Waals surface area (Å²) in [7, 11) is 2.01. The standard InChI is InChI=1S/C26H34N4OS.FH/c1-17-11-12-22(13-18(17)2)19(3)27-26(21-9-7-6-8-10-21)29(5)16-25(31)30-14-23-24(15-30)32-20(4)28-23;/h11-13,21H,3,6-10,14-16H2,1-2,4-5H3;1H. The van der Waals surface area contributed by atoms with Crippen molar-refractivity contribution in [3.05, 3.63) is 57.0 Å². The van der Waals surface area contributed by atoms with Crippen molar-refractivity contribution < 1.29 is 9.50 Å². The molecule has 1 aliphatic carbocycles. The van der Waals surface area contributed by atoms with Gasteiger partial charge >= 0.3 is 0 Å². The van der Waals surface area contributed by atoms with Crippen LogP contribution in [0.1, 0.15) is 64.4 Å². The number of nitrogens with zero attached hydrogens (tertiary/aromatic N) is 4. The summed E-state index contributed by atoms with van der Waals surface area (Å²) in [5, 5.41) is 1.08. The number of rotatable bonds is 5. The Morgan fingerprint density at radius 2 is 1.91 bits per heavy atom. The first-order valence-electron chi connectivity index (χ1n) is 11.6. The molecule has 0 N–H and O–H groups in total. The summed E-state index contributed by atoms with van der Waals surface area (Å²) in [6.45, 7) is 12.2. The maximum Gasteiger partial charge on any atom is 0.242 e. The first-order valence-corrected chi connectivity index (χ1v) is 12.4. The number of aryl methyl sites for hydroxylation is 3. The zero-order valence-corrected chi connectivity index (χ0v) is 21.0. The van der Waals surface area contributed by atoms with Crippen LogP contribution in [0.3, 0.4) is 0 Å². The third-order valence-corrected chi connectivity index (χ3v) is 7.73. The molecule has 1 saturated carbocycles. The number of fused-ring (bicyclic) bond motifs is 1. The summed E-state index contributed by atoms with van der Waals surface area (Å²) >= 11 is 1.70. The van der Waals surface area contributed by atoms with Crippen LogP contribution in [0.5, 0.6) is 0 Å². The SMILES string of the molecule is C=C(N=C(C1CCCCC1)N(C)CC(=O)N1Cc2nc(C)sc2C1)c1ccc(C)c(C)c1.F. The molecule has 2 heterocycles. The van der Waals surface area contributed by atoms with Gasteiger partial charge in [-0.1, -0.05) is 38.0 Å². The molecule has 33 heavy (non-hydrogen) atoms. The fraction of sp³-hybridized carbons (Fsp3) is 0.500. The number of carbonyl (C=O) groups is 1. The fourth-order valence-electron chi connectivity index (χ4n) is 4.70. The average molecular weight is 471 g/mol. The molecule has 1 fully saturated rings. The molecule has 1 aliphatic heterocycles. The summed E-state index contributed by atoms with van der Waals surface area (Å²) in [5.41, 5.74) is 5.40. The molecule has 5 nitrogen and oxygen atoms in total. The molecule has 1 amide bonds. The van der Waals surface area contributed by atoms with Crippen LogP contribution >= 0.6 is 11.3 Å². The predicted molar refractivity (Wildman–Crippen MR) is 135 cm³/mol. The van der Waals surface area contributed by atoms with Crippen molar-refractivity contribution in [1.29, 1.82) is 0 Å². The van der Waals surface area contributed by atoms with E-state index in [-0.39, 0.29) is 10.6 Å². The number of likely N-dealkylation sites (N-methyl/N-ethyl adjacent to an activating group) is 1. The maximum atomic E-state index is 13.1. The number of hydrogen-bond acceptors (Lipinski definition) is 4. The van der Waals surface area contributed by atoms with Crippen molar-refractivity contribution in [3.63, 3.8) is 0 Å². The van der Waals surface area contributed by atoms with E-state index in [1.807, 2.05) is 18.9 Å². The Morgan fingerprint density at radius 1 is 1.18 bits per heavy atom. The Labute approximate surface area is 200 Å². The van der Waals surface area contributed by atoms with E-state index in [2.05, 4.69) is 48.5 Å². The van der Waals surface area contributed by atoms with E-state index in [0.29, 0.717) is 25.6 Å². The second-order valence-electron chi connectivity index (χ2n) is 9.26. The summed E-state index contributed by atoms with van der Waals surface area (Å²) in [6.07, 6.45) is 5.98. The van der Waals surface area contributed by atoms with Gasteiger partial charge in [-0.25, -0.2) is 9.98 Å². The van der Waals surface area contributed by atoms with E-state index < -0.39 is 0 Å². The van der Waals surface area contributed by atoms with Crippen LogP contribution in [0.25, 0.3) is 5.70 Å². The van der Waals surface area contributed by atoms with Gasteiger partial charge in [0.05, 0.1) is 36.0 Å². The van der Waals surface area contributed by atoms with Gasteiger partial charge in [0.15, 0.2) is 0 Å². The number of thiazole rings is 1. The van der Waals surface area contributed by atoms with Crippen LogP contribution in [0.2, 0.25) is 0 Å². The van der Waals surface area contributed by atoms with Crippen molar-refractivity contribution in [2.24, 2.45) is 10.9 Å². The zero-order chi connectivity index (χ0) is 22.8. The van der Waals surface area contributed by atoms with E-state index in [0.717, 1.165) is 40.6 Å². The number of amides is 1. The molecule has 7 heteroatoms. The molecular formula is C26H35FN4OS. The second-order valence-corrected chi connectivity index (χ2v) is 10.5. The van der Waals surface area contributed by atoms with E-state index in [9.17, 15) is 4.79 Å². The van der Waals surface area contributed by atoms with Gasteiger partial charge in [0.25, 0.3) is 0 Å². The largest absolute Gasteiger partial charge is 0.354 e. The maximum absolute atomic E-state index is 13.1. The minimum atomic E-state index is 0. The van der Waals surface area contributed by atoms with Gasteiger partial charge in [-0.3, -0.25) is 9.50 Å². The third kappa shape index (κ3) is 5.69. The lowest BCUT2D eigenvalue weighted by Crippen LogP contribution is -2.42. The van der Waals surface area contributed by atoms with Crippen molar-refractivity contribution >= 4 is 28.8 Å². The van der Waals surface area contributed by atoms with Crippen LogP contribution < -0.4 is 0 Å². The molecule has 0 bridgehead atoms. The smallest absolute Gasteiger partial charge is 0.242 e. The molecule has 178 valence electrons. The van der Waals surface area contributed by atoms with E-state index in [4.69, 9.17) is 4.99 Å². The molecule has 0 spiro atoms. The van der Waals surface area contributed by atoms with Gasteiger partial charge in [-0.05, 0) is 56.4 Å². The molecule has 0 radical (unpaired) electrons. The van der Waals surface area contributed by atoms with Gasteiger partial charge in [0, 0.05) is 17.8 Å². The molecule has 1 aromatic carbocycles. The quantitative estimate of drug-likeness (QED) is 0.419. The van der Waals surface area contributed by atoms with Gasteiger partial charge in [0.1, 0.15) is 5.84 Å². The molecule has 0 saturated heterocycles. The lowest BCUT2D eigenvalue weighted by molar-refractivity contribution is -0.132. The fourth-order valence-corrected chi connectivity index (χ4v) is 5.66. The minimum absolute atomic E-state index is 0. The van der Waals surface area contributed by atoms with Crippen molar-refractivity contribution in [2.45, 2.75) is 66.0 Å². The Hall–Kier alpha value is -2.54. The van der Waals surface area contributed by atoms with Crippen molar-refractivity contribution in [2.75, 3.05) is 13.6 Å². The Bertz CT molecular complexity index is 1030. The highest BCUT2D eigenvalue weighted by Gasteiger charge is 2.29. The summed E-state index contributed by atoms with van der Waals surface area (Å²) in [5.74, 6) is 1.52. The molecule has 2 aromatic rings. The number of hydrogen-bond donors (Lipinski definition) is 0. The third-order valence-electron chi connectivity index (χ3n) is 6.74. The molecule has 1 aromatic heterocycles. The first kappa shape index (κ1) is 25.1. The van der Waals surface area contributed by atoms with Crippen LogP contribution in [0.4, 0.5) is 4.70 Å². The van der Waals surface area contributed by atoms with Crippen molar-refractivity contribution in [1.82, 2.24) is 14.8 Å². The number of halogens is 1. The highest BCUT2D eigenvalue weighted by molar-refractivity contribution is 7.11. The van der Waals surface area contributed by atoms with Crippen LogP contribution in [0.15, 0.2) is 29.8 Å². The second kappa shape index (κ2) is 10.6. The van der Waals surface area contributed by atoms with Crippen molar-refractivity contribution in [3.8, 4) is 0 Å². The Kier molecular flexibility index (Phi) is 8.05. The summed E-state index contributed by atoms with van der Waals surface area (Å²) in [6, 6.07) is 6.37. The lowest BCUT2D eigenvalue weighted by Gasteiger charge is -2.31. The number of benzene rings is 1. The van der Waals surface area contributed by atoms with Gasteiger partial charge in [0.2, 0.25) is 5.91 Å². The van der Waals surface area contributed by atoms with Gasteiger partial charge in [-0.15, -0.1) is 11.3 Å². The summed E-state index contributed by atoms with van der Waals surface area (Å²) < 4.78 is 0. The number of aliphatic imine (C=N–C) groups is 1. The molecule has 2 aliphatic rings. The monoisotopic (exact) mass is 470 g/mol. The van der Waals surface area contributed by atoms with Crippen LogP contribution in [-0.2, 0) is 17.9 Å². The summed E-state index contributed by atoms with van der Waals surface area (Å²) in [4.78, 5) is 27.9. The number of carbonyl (C=O) groups excluding carboxylic acids is 1. The highest BCUT2D eigenvalue weighted by Crippen LogP contribution is 2.30. The van der Waals surface area contributed by atoms with E-state index in [1.54, 1.807) is 11.3 Å². The Balaban J connectivity index is 0.00000306.